The molecule has 0 radical (unpaired) electrons. The summed E-state index contributed by atoms with van der Waals surface area (Å²) in [6.07, 6.45) is 6.78. The molecule has 1 heteroatoms. The van der Waals surface area contributed by atoms with Crippen molar-refractivity contribution in [1.29, 1.82) is 0 Å². The second-order valence-electron chi connectivity index (χ2n) is 5.70. The summed E-state index contributed by atoms with van der Waals surface area (Å²) in [5.74, 6) is 2.55. The van der Waals surface area contributed by atoms with Gasteiger partial charge in [0, 0.05) is 6.61 Å². The van der Waals surface area contributed by atoms with Crippen LogP contribution in [0.1, 0.15) is 46.0 Å². The minimum atomic E-state index is 0.330. The molecule has 3 atom stereocenters. The molecule has 1 N–H and O–H groups in total. The average molecular weight is 182 g/mol. The summed E-state index contributed by atoms with van der Waals surface area (Å²) < 4.78 is 0. The number of rotatable bonds is 3. The van der Waals surface area contributed by atoms with Gasteiger partial charge in [-0.25, -0.2) is 0 Å². The van der Waals surface area contributed by atoms with Gasteiger partial charge in [-0.2, -0.15) is 0 Å². The molecule has 0 aromatic rings. The maximum Gasteiger partial charge on any atom is 0.0490 e. The zero-order valence-electron chi connectivity index (χ0n) is 8.92. The molecular weight excluding hydrogens is 160 g/mol. The predicted molar refractivity (Wildman–Crippen MR) is 54.4 cm³/mol. The first-order chi connectivity index (χ1) is 6.16. The Balaban J connectivity index is 2.08. The van der Waals surface area contributed by atoms with Gasteiger partial charge in [0.25, 0.3) is 0 Å². The van der Waals surface area contributed by atoms with Crippen LogP contribution in [0.25, 0.3) is 0 Å². The Morgan fingerprint density at radius 1 is 1.38 bits per heavy atom. The standard InChI is InChI=1S/C12H22O/c1-9(2)6-12(8-13)7-10-3-4-11(12)5-10/h9-11,13H,3-8H2,1-2H3. The molecule has 2 aliphatic carbocycles. The van der Waals surface area contributed by atoms with E-state index >= 15 is 0 Å². The Hall–Kier alpha value is -0.0400. The number of aliphatic hydroxyl groups is 1. The predicted octanol–water partition coefficient (Wildman–Crippen LogP) is 2.83. The van der Waals surface area contributed by atoms with Crippen LogP contribution in [-0.2, 0) is 0 Å². The lowest BCUT2D eigenvalue weighted by molar-refractivity contribution is 0.0443. The van der Waals surface area contributed by atoms with E-state index in [0.717, 1.165) is 17.8 Å². The first kappa shape index (κ1) is 9.51. The van der Waals surface area contributed by atoms with E-state index in [9.17, 15) is 5.11 Å². The number of hydrogen-bond donors (Lipinski definition) is 1. The van der Waals surface area contributed by atoms with E-state index < -0.39 is 0 Å². The first-order valence-electron chi connectivity index (χ1n) is 5.77. The van der Waals surface area contributed by atoms with Crippen LogP contribution < -0.4 is 0 Å². The Labute approximate surface area is 81.5 Å². The van der Waals surface area contributed by atoms with E-state index in [4.69, 9.17) is 0 Å². The minimum Gasteiger partial charge on any atom is -0.396 e. The van der Waals surface area contributed by atoms with Crippen LogP contribution in [0.5, 0.6) is 0 Å². The van der Waals surface area contributed by atoms with Crippen LogP contribution in [0.15, 0.2) is 0 Å². The van der Waals surface area contributed by atoms with Gasteiger partial charge >= 0.3 is 0 Å². The lowest BCUT2D eigenvalue weighted by Crippen LogP contribution is -2.33. The maximum absolute atomic E-state index is 9.59. The summed E-state index contributed by atoms with van der Waals surface area (Å²) in [5, 5.41) is 9.59. The molecule has 76 valence electrons. The normalized spacial score (nSPS) is 43.4. The van der Waals surface area contributed by atoms with Gasteiger partial charge < -0.3 is 5.11 Å². The van der Waals surface area contributed by atoms with Crippen molar-refractivity contribution in [2.75, 3.05) is 6.61 Å². The molecule has 2 bridgehead atoms. The molecule has 0 spiro atoms. The molecule has 0 saturated heterocycles. The van der Waals surface area contributed by atoms with Crippen molar-refractivity contribution < 1.29 is 5.11 Å². The molecule has 3 unspecified atom stereocenters. The summed E-state index contributed by atoms with van der Waals surface area (Å²) in [4.78, 5) is 0. The lowest BCUT2D eigenvalue weighted by Gasteiger charge is -2.37. The summed E-state index contributed by atoms with van der Waals surface area (Å²) in [6, 6.07) is 0. The molecule has 1 nitrogen and oxygen atoms in total. The van der Waals surface area contributed by atoms with E-state index in [-0.39, 0.29) is 0 Å². The average Bonchev–Trinajstić information content (AvgIpc) is 2.62. The quantitative estimate of drug-likeness (QED) is 0.711. The Morgan fingerprint density at radius 2 is 2.15 bits per heavy atom. The van der Waals surface area contributed by atoms with Crippen LogP contribution in [0.4, 0.5) is 0 Å². The van der Waals surface area contributed by atoms with Crippen molar-refractivity contribution in [1.82, 2.24) is 0 Å². The van der Waals surface area contributed by atoms with Crippen LogP contribution in [0.2, 0.25) is 0 Å². The van der Waals surface area contributed by atoms with Gasteiger partial charge in [0.1, 0.15) is 0 Å². The zero-order valence-corrected chi connectivity index (χ0v) is 8.92. The fourth-order valence-electron chi connectivity index (χ4n) is 3.88. The van der Waals surface area contributed by atoms with Crippen molar-refractivity contribution in [3.05, 3.63) is 0 Å². The van der Waals surface area contributed by atoms with E-state index in [2.05, 4.69) is 13.8 Å². The van der Waals surface area contributed by atoms with Crippen LogP contribution in [-0.4, -0.2) is 11.7 Å². The van der Waals surface area contributed by atoms with Crippen LogP contribution in [0, 0.1) is 23.2 Å². The van der Waals surface area contributed by atoms with Crippen molar-refractivity contribution in [3.8, 4) is 0 Å². The van der Waals surface area contributed by atoms with E-state index in [1.54, 1.807) is 0 Å². The fraction of sp³-hybridized carbons (Fsp3) is 1.00. The van der Waals surface area contributed by atoms with E-state index in [0.29, 0.717) is 12.0 Å². The molecule has 2 saturated carbocycles. The molecule has 2 rings (SSSR count). The van der Waals surface area contributed by atoms with Gasteiger partial charge in [0.15, 0.2) is 0 Å². The van der Waals surface area contributed by atoms with Crippen molar-refractivity contribution in [2.45, 2.75) is 46.0 Å². The summed E-state index contributed by atoms with van der Waals surface area (Å²) in [5.41, 5.74) is 0.330. The highest BCUT2D eigenvalue weighted by Gasteiger charge is 2.50. The Kier molecular flexibility index (Phi) is 2.39. The smallest absolute Gasteiger partial charge is 0.0490 e. The molecule has 0 heterocycles. The van der Waals surface area contributed by atoms with Crippen LogP contribution >= 0.6 is 0 Å². The second-order valence-corrected chi connectivity index (χ2v) is 5.70. The summed E-state index contributed by atoms with van der Waals surface area (Å²) >= 11 is 0. The molecule has 13 heavy (non-hydrogen) atoms. The third-order valence-electron chi connectivity index (χ3n) is 4.23. The highest BCUT2D eigenvalue weighted by Crippen LogP contribution is 2.58. The van der Waals surface area contributed by atoms with Gasteiger partial charge in [-0.1, -0.05) is 20.3 Å². The topological polar surface area (TPSA) is 20.2 Å². The molecular formula is C12H22O. The van der Waals surface area contributed by atoms with Crippen LogP contribution in [0.3, 0.4) is 0 Å². The van der Waals surface area contributed by atoms with Crippen molar-refractivity contribution in [3.63, 3.8) is 0 Å². The molecule has 0 aliphatic heterocycles. The van der Waals surface area contributed by atoms with E-state index in [1.165, 1.54) is 32.1 Å². The minimum absolute atomic E-state index is 0.330. The monoisotopic (exact) mass is 182 g/mol. The third-order valence-corrected chi connectivity index (χ3v) is 4.23. The number of aliphatic hydroxyl groups excluding tert-OH is 1. The summed E-state index contributed by atoms with van der Waals surface area (Å²) in [6.45, 7) is 5.00. The van der Waals surface area contributed by atoms with E-state index in [1.807, 2.05) is 0 Å². The fourth-order valence-corrected chi connectivity index (χ4v) is 3.88. The maximum atomic E-state index is 9.59. The van der Waals surface area contributed by atoms with Crippen molar-refractivity contribution >= 4 is 0 Å². The van der Waals surface area contributed by atoms with Gasteiger partial charge in [-0.05, 0) is 48.9 Å². The van der Waals surface area contributed by atoms with Gasteiger partial charge in [-0.15, -0.1) is 0 Å². The molecule has 0 aromatic carbocycles. The van der Waals surface area contributed by atoms with Crippen molar-refractivity contribution in [2.24, 2.45) is 23.2 Å². The Bertz CT molecular complexity index is 188. The number of hydrogen-bond acceptors (Lipinski definition) is 1. The second kappa shape index (κ2) is 3.27. The highest BCUT2D eigenvalue weighted by atomic mass is 16.3. The van der Waals surface area contributed by atoms with Gasteiger partial charge in [0.05, 0.1) is 0 Å². The zero-order chi connectivity index (χ0) is 9.47. The molecule has 2 fully saturated rings. The number of fused-ring (bicyclic) bond motifs is 2. The Morgan fingerprint density at radius 3 is 2.54 bits per heavy atom. The SMILES string of the molecule is CC(C)CC1(CO)CC2CCC1C2. The first-order valence-corrected chi connectivity index (χ1v) is 5.77. The molecule has 0 aromatic heterocycles. The largest absolute Gasteiger partial charge is 0.396 e. The lowest BCUT2D eigenvalue weighted by atomic mass is 9.69. The van der Waals surface area contributed by atoms with Gasteiger partial charge in [0.2, 0.25) is 0 Å². The van der Waals surface area contributed by atoms with Gasteiger partial charge in [-0.3, -0.25) is 0 Å². The molecule has 2 aliphatic rings. The summed E-state index contributed by atoms with van der Waals surface area (Å²) in [7, 11) is 0. The third kappa shape index (κ3) is 1.52. The highest BCUT2D eigenvalue weighted by molar-refractivity contribution is 5.00. The molecule has 0 amide bonds.